The molecule has 0 spiro atoms. The van der Waals surface area contributed by atoms with Crippen molar-refractivity contribution in [3.05, 3.63) is 53.6 Å². The van der Waals surface area contributed by atoms with Crippen LogP contribution in [0.3, 0.4) is 0 Å². The molecule has 0 fully saturated rings. The lowest BCUT2D eigenvalue weighted by Crippen LogP contribution is -2.17. The van der Waals surface area contributed by atoms with Crippen molar-refractivity contribution < 1.29 is 22.3 Å². The van der Waals surface area contributed by atoms with Gasteiger partial charge in [0.05, 0.1) is 5.56 Å². The van der Waals surface area contributed by atoms with Crippen molar-refractivity contribution in [2.75, 3.05) is 0 Å². The van der Waals surface area contributed by atoms with E-state index in [1.54, 1.807) is 30.3 Å². The van der Waals surface area contributed by atoms with Crippen LogP contribution in [0.15, 0.2) is 52.9 Å². The topological polar surface area (TPSA) is 48.2 Å². The molecule has 1 heterocycles. The average molecular weight is 341 g/mol. The summed E-state index contributed by atoms with van der Waals surface area (Å²) < 4.78 is 46.7. The van der Waals surface area contributed by atoms with E-state index in [1.807, 2.05) is 0 Å². The van der Waals surface area contributed by atoms with Gasteiger partial charge in [0.2, 0.25) is 5.89 Å². The Bertz CT molecular complexity index is 816. The second-order valence-corrected chi connectivity index (χ2v) is 4.90. The molecule has 3 rings (SSSR count). The van der Waals surface area contributed by atoms with Gasteiger partial charge in [0.25, 0.3) is 5.89 Å². The van der Waals surface area contributed by atoms with E-state index in [2.05, 4.69) is 14.9 Å². The first-order chi connectivity index (χ1) is 10.9. The summed E-state index contributed by atoms with van der Waals surface area (Å²) in [6.45, 7) is 0. The fraction of sp³-hybridized carbons (Fsp3) is 0.0667. The normalized spacial score (nSPS) is 11.5. The molecule has 0 saturated carbocycles. The summed E-state index contributed by atoms with van der Waals surface area (Å²) in [5, 5.41) is 8.15. The molecule has 4 nitrogen and oxygen atoms in total. The van der Waals surface area contributed by atoms with Gasteiger partial charge in [-0.15, -0.1) is 23.4 Å². The van der Waals surface area contributed by atoms with Crippen LogP contribution in [0.4, 0.5) is 13.2 Å². The van der Waals surface area contributed by atoms with E-state index >= 15 is 0 Å². The van der Waals surface area contributed by atoms with Crippen molar-refractivity contribution in [3.8, 4) is 28.7 Å². The van der Waals surface area contributed by atoms with Gasteiger partial charge in [-0.05, 0) is 36.4 Å². The maximum Gasteiger partial charge on any atom is 0.573 e. The third-order valence-electron chi connectivity index (χ3n) is 2.86. The molecule has 2 aromatic carbocycles. The maximum absolute atomic E-state index is 12.4. The number of benzene rings is 2. The molecule has 1 aromatic heterocycles. The van der Waals surface area contributed by atoms with Crippen LogP contribution in [0.25, 0.3) is 22.9 Å². The van der Waals surface area contributed by atoms with Crippen LogP contribution in [0.1, 0.15) is 0 Å². The zero-order valence-corrected chi connectivity index (χ0v) is 12.1. The number of alkyl halides is 3. The first kappa shape index (κ1) is 15.4. The molecule has 0 aliphatic heterocycles. The van der Waals surface area contributed by atoms with Crippen molar-refractivity contribution in [3.63, 3.8) is 0 Å². The summed E-state index contributed by atoms with van der Waals surface area (Å²) in [6.07, 6.45) is -4.81. The van der Waals surface area contributed by atoms with E-state index in [0.29, 0.717) is 10.6 Å². The van der Waals surface area contributed by atoms with E-state index in [0.717, 1.165) is 0 Å². The summed E-state index contributed by atoms with van der Waals surface area (Å²) in [7, 11) is 0. The third kappa shape index (κ3) is 3.62. The molecule has 118 valence electrons. The Labute approximate surface area is 133 Å². The van der Waals surface area contributed by atoms with Crippen LogP contribution in [0.2, 0.25) is 5.02 Å². The molecule has 0 bridgehead atoms. The lowest BCUT2D eigenvalue weighted by atomic mass is 10.2. The Hall–Kier alpha value is -2.54. The van der Waals surface area contributed by atoms with Gasteiger partial charge in [0.1, 0.15) is 5.75 Å². The standard InChI is InChI=1S/C15H8ClF3N2O2/c16-10-7-5-9(6-8-10)13-20-21-14(22-13)11-3-1-2-4-12(11)23-15(17,18)19/h1-8H. The molecule has 0 amide bonds. The first-order valence-electron chi connectivity index (χ1n) is 6.37. The minimum absolute atomic E-state index is 0.0533. The van der Waals surface area contributed by atoms with Crippen LogP contribution < -0.4 is 4.74 Å². The molecule has 8 heteroatoms. The van der Waals surface area contributed by atoms with Gasteiger partial charge in [-0.3, -0.25) is 0 Å². The highest BCUT2D eigenvalue weighted by atomic mass is 35.5. The quantitative estimate of drug-likeness (QED) is 0.676. The Morgan fingerprint density at radius 3 is 2.26 bits per heavy atom. The fourth-order valence-electron chi connectivity index (χ4n) is 1.90. The molecule has 0 aliphatic carbocycles. The predicted octanol–water partition coefficient (Wildman–Crippen LogP) is 4.96. The smallest absolute Gasteiger partial charge is 0.416 e. The minimum Gasteiger partial charge on any atom is -0.416 e. The highest BCUT2D eigenvalue weighted by molar-refractivity contribution is 6.30. The van der Waals surface area contributed by atoms with Crippen molar-refractivity contribution in [1.29, 1.82) is 0 Å². The van der Waals surface area contributed by atoms with Gasteiger partial charge in [0.15, 0.2) is 0 Å². The maximum atomic E-state index is 12.4. The molecule has 23 heavy (non-hydrogen) atoms. The minimum atomic E-state index is -4.81. The lowest BCUT2D eigenvalue weighted by molar-refractivity contribution is -0.274. The molecular weight excluding hydrogens is 333 g/mol. The Kier molecular flexibility index (Phi) is 3.96. The van der Waals surface area contributed by atoms with Crippen molar-refractivity contribution in [2.24, 2.45) is 0 Å². The van der Waals surface area contributed by atoms with Gasteiger partial charge in [0, 0.05) is 10.6 Å². The van der Waals surface area contributed by atoms with E-state index in [4.69, 9.17) is 16.0 Å². The second kappa shape index (κ2) is 5.92. The number of hydrogen-bond acceptors (Lipinski definition) is 4. The van der Waals surface area contributed by atoms with Crippen molar-refractivity contribution >= 4 is 11.6 Å². The largest absolute Gasteiger partial charge is 0.573 e. The number of para-hydroxylation sites is 1. The van der Waals surface area contributed by atoms with Crippen LogP contribution in [0, 0.1) is 0 Å². The SMILES string of the molecule is FC(F)(F)Oc1ccccc1-c1nnc(-c2ccc(Cl)cc2)o1. The Morgan fingerprint density at radius 1 is 0.913 bits per heavy atom. The summed E-state index contributed by atoms with van der Waals surface area (Å²) in [5.41, 5.74) is 0.653. The summed E-state index contributed by atoms with van der Waals surface area (Å²) in [4.78, 5) is 0. The third-order valence-corrected chi connectivity index (χ3v) is 3.11. The highest BCUT2D eigenvalue weighted by Crippen LogP contribution is 2.34. The van der Waals surface area contributed by atoms with Crippen LogP contribution >= 0.6 is 11.6 Å². The highest BCUT2D eigenvalue weighted by Gasteiger charge is 2.32. The van der Waals surface area contributed by atoms with E-state index in [-0.39, 0.29) is 17.3 Å². The number of halogens is 4. The molecule has 0 N–H and O–H groups in total. The Balaban J connectivity index is 1.96. The molecule has 0 saturated heterocycles. The number of nitrogens with zero attached hydrogens (tertiary/aromatic N) is 2. The van der Waals surface area contributed by atoms with E-state index in [1.165, 1.54) is 18.2 Å². The van der Waals surface area contributed by atoms with Gasteiger partial charge in [-0.25, -0.2) is 0 Å². The van der Waals surface area contributed by atoms with Crippen molar-refractivity contribution in [2.45, 2.75) is 6.36 Å². The summed E-state index contributed by atoms with van der Waals surface area (Å²) in [5.74, 6) is -0.320. The van der Waals surface area contributed by atoms with Crippen LogP contribution in [0.5, 0.6) is 5.75 Å². The molecule has 0 radical (unpaired) electrons. The van der Waals surface area contributed by atoms with Gasteiger partial charge in [-0.2, -0.15) is 0 Å². The molecule has 3 aromatic rings. The molecule has 0 atom stereocenters. The van der Waals surface area contributed by atoms with Crippen LogP contribution in [-0.4, -0.2) is 16.6 Å². The number of rotatable bonds is 3. The zero-order chi connectivity index (χ0) is 16.4. The second-order valence-electron chi connectivity index (χ2n) is 4.46. The molecular formula is C15H8ClF3N2O2. The number of aromatic nitrogens is 2. The number of ether oxygens (including phenoxy) is 1. The monoisotopic (exact) mass is 340 g/mol. The number of hydrogen-bond donors (Lipinski definition) is 0. The zero-order valence-electron chi connectivity index (χ0n) is 11.3. The Morgan fingerprint density at radius 2 is 1.57 bits per heavy atom. The summed E-state index contributed by atoms with van der Waals surface area (Å²) >= 11 is 5.79. The molecule has 0 unspecified atom stereocenters. The van der Waals surface area contributed by atoms with E-state index in [9.17, 15) is 13.2 Å². The van der Waals surface area contributed by atoms with Gasteiger partial charge >= 0.3 is 6.36 Å². The summed E-state index contributed by atoms with van der Waals surface area (Å²) in [6, 6.07) is 12.2. The van der Waals surface area contributed by atoms with Gasteiger partial charge in [-0.1, -0.05) is 23.7 Å². The first-order valence-corrected chi connectivity index (χ1v) is 6.75. The average Bonchev–Trinajstić information content (AvgIpc) is 2.96. The fourth-order valence-corrected chi connectivity index (χ4v) is 2.02. The predicted molar refractivity (Wildman–Crippen MR) is 76.9 cm³/mol. The lowest BCUT2D eigenvalue weighted by Gasteiger charge is -2.10. The van der Waals surface area contributed by atoms with Gasteiger partial charge < -0.3 is 9.15 Å². The molecule has 0 aliphatic rings. The van der Waals surface area contributed by atoms with E-state index < -0.39 is 12.1 Å². The van der Waals surface area contributed by atoms with Crippen LogP contribution in [-0.2, 0) is 0 Å². The van der Waals surface area contributed by atoms with Crippen molar-refractivity contribution in [1.82, 2.24) is 10.2 Å².